The lowest BCUT2D eigenvalue weighted by Gasteiger charge is -2.20. The minimum Gasteiger partial charge on any atom is -0.462 e. The predicted octanol–water partition coefficient (Wildman–Crippen LogP) is 12.2. The van der Waals surface area contributed by atoms with E-state index < -0.39 is 78.4 Å². The second-order valence-corrected chi connectivity index (χ2v) is 21.0. The first kappa shape index (κ1) is 66.3. The van der Waals surface area contributed by atoms with Crippen LogP contribution in [0.25, 0.3) is 0 Å². The van der Waals surface area contributed by atoms with Gasteiger partial charge in [-0.1, -0.05) is 192 Å². The quantitative estimate of drug-likeness (QED) is 0.0144. The summed E-state index contributed by atoms with van der Waals surface area (Å²) in [6, 6.07) is 0. The average Bonchev–Trinajstić information content (AvgIpc) is 3.30. The Morgan fingerprint density at radius 1 is 0.515 bits per heavy atom. The summed E-state index contributed by atoms with van der Waals surface area (Å²) in [6.45, 7) is 3.83. The van der Waals surface area contributed by atoms with Gasteiger partial charge < -0.3 is 39.5 Å². The lowest BCUT2D eigenvalue weighted by Crippen LogP contribution is -2.30. The van der Waals surface area contributed by atoms with Gasteiger partial charge >= 0.3 is 27.6 Å². The highest BCUT2D eigenvalue weighted by Crippen LogP contribution is 2.44. The molecule has 0 saturated heterocycles. The highest BCUT2D eigenvalue weighted by molar-refractivity contribution is 7.47. The zero-order valence-electron chi connectivity index (χ0n) is 42.4. The van der Waals surface area contributed by atoms with Crippen LogP contribution in [0.4, 0.5) is 0 Å². The summed E-state index contributed by atoms with van der Waals surface area (Å²) in [5.74, 6) is -0.434. The topological polar surface area (TPSA) is 236 Å². The minimum absolute atomic E-state index is 0.0742. The smallest absolute Gasteiger partial charge is 0.462 e. The van der Waals surface area contributed by atoms with Crippen LogP contribution >= 0.6 is 15.6 Å². The van der Waals surface area contributed by atoms with Gasteiger partial charge in [-0.2, -0.15) is 0 Å². The van der Waals surface area contributed by atoms with Gasteiger partial charge in [-0.15, -0.1) is 0 Å². The van der Waals surface area contributed by atoms with Gasteiger partial charge in [0.1, 0.15) is 12.7 Å². The van der Waals surface area contributed by atoms with E-state index in [2.05, 4.69) is 48.0 Å². The second-order valence-electron chi connectivity index (χ2n) is 18.4. The van der Waals surface area contributed by atoms with Crippen LogP contribution in [0.15, 0.2) is 36.5 Å². The van der Waals surface area contributed by atoms with Crippen molar-refractivity contribution in [1.82, 2.24) is 0 Å². The summed E-state index contributed by atoms with van der Waals surface area (Å²) in [5, 5.41) is 30.5. The molecule has 68 heavy (non-hydrogen) atoms. The van der Waals surface area contributed by atoms with Crippen molar-refractivity contribution >= 4 is 27.6 Å². The molecule has 0 aromatic rings. The maximum absolute atomic E-state index is 12.8. The van der Waals surface area contributed by atoms with Crippen LogP contribution in [-0.4, -0.2) is 92.8 Å². The van der Waals surface area contributed by atoms with E-state index in [1.54, 1.807) is 6.08 Å². The number of ether oxygens (including phenoxy) is 2. The van der Waals surface area contributed by atoms with Crippen molar-refractivity contribution in [3.8, 4) is 0 Å². The van der Waals surface area contributed by atoms with Gasteiger partial charge in [0.25, 0.3) is 0 Å². The Kier molecular flexibility index (Phi) is 44.0. The van der Waals surface area contributed by atoms with E-state index in [0.717, 1.165) is 44.4 Å². The summed E-state index contributed by atoms with van der Waals surface area (Å²) < 4.78 is 47.8. The zero-order valence-corrected chi connectivity index (χ0v) is 44.1. The van der Waals surface area contributed by atoms with Crippen molar-refractivity contribution in [2.45, 2.75) is 244 Å². The Bertz CT molecular complexity index is 1390. The molecule has 0 saturated carbocycles. The summed E-state index contributed by atoms with van der Waals surface area (Å²) in [4.78, 5) is 53.0. The Morgan fingerprint density at radius 2 is 1.00 bits per heavy atom. The molecule has 0 heterocycles. The lowest BCUT2D eigenvalue weighted by atomic mass is 9.99. The number of phosphoric ester groups is 2. The van der Waals surface area contributed by atoms with E-state index in [9.17, 15) is 38.9 Å². The van der Waals surface area contributed by atoms with Gasteiger partial charge in [-0.25, -0.2) is 9.13 Å². The average molecular weight is 1010 g/mol. The molecule has 0 aromatic carbocycles. The Balaban J connectivity index is 4.56. The number of aliphatic hydroxyl groups excluding tert-OH is 3. The molecule has 6 atom stereocenters. The number of carbonyl (C=O) groups excluding carboxylic acids is 2. The number of hydrogen-bond donors (Lipinski definition) is 6. The van der Waals surface area contributed by atoms with Crippen LogP contribution in [-0.2, 0) is 41.8 Å². The van der Waals surface area contributed by atoms with Crippen molar-refractivity contribution < 1.29 is 71.8 Å². The fourth-order valence-corrected chi connectivity index (χ4v) is 8.41. The van der Waals surface area contributed by atoms with E-state index in [4.69, 9.17) is 23.8 Å². The third-order valence-corrected chi connectivity index (χ3v) is 13.2. The first-order chi connectivity index (χ1) is 32.6. The van der Waals surface area contributed by atoms with Gasteiger partial charge in [0, 0.05) is 12.8 Å². The Hall–Kier alpha value is -1.74. The number of esters is 2. The third kappa shape index (κ3) is 46.6. The fourth-order valence-electron chi connectivity index (χ4n) is 7.25. The van der Waals surface area contributed by atoms with Gasteiger partial charge in [-0.3, -0.25) is 23.2 Å². The number of carbonyl (C=O) groups is 2. The Morgan fingerprint density at radius 3 is 1.54 bits per heavy atom. The van der Waals surface area contributed by atoms with E-state index in [0.29, 0.717) is 12.8 Å². The molecule has 6 N–H and O–H groups in total. The highest BCUT2D eigenvalue weighted by Gasteiger charge is 2.28. The van der Waals surface area contributed by atoms with Crippen molar-refractivity contribution in [1.29, 1.82) is 0 Å². The molecule has 4 unspecified atom stereocenters. The van der Waals surface area contributed by atoms with E-state index >= 15 is 0 Å². The van der Waals surface area contributed by atoms with Crippen LogP contribution in [0.3, 0.4) is 0 Å². The number of phosphoric acid groups is 2. The number of allylic oxidation sites excluding steroid dienone is 5. The summed E-state index contributed by atoms with van der Waals surface area (Å²) in [5.41, 5.74) is 0. The largest absolute Gasteiger partial charge is 0.472 e. The van der Waals surface area contributed by atoms with Crippen molar-refractivity contribution in [3.63, 3.8) is 0 Å². The first-order valence-electron chi connectivity index (χ1n) is 26.2. The molecule has 0 rings (SSSR count). The van der Waals surface area contributed by atoms with Gasteiger partial charge in [0.05, 0.1) is 32.0 Å². The molecule has 15 nitrogen and oxygen atoms in total. The SMILES string of the molecule is CCCCC/C=C\C/C=C\C/C=C\CC(O)C(O)CCCC(=O)OC[C@H](COP(=O)(O)OC[C@@H](O)COP(=O)(O)O)OC(=O)CCCCCCCCCCCCCCCCCCCCC(C)CC. The molecule has 0 aliphatic carbocycles. The second kappa shape index (κ2) is 45.1. The maximum Gasteiger partial charge on any atom is 0.472 e. The lowest BCUT2D eigenvalue weighted by molar-refractivity contribution is -0.161. The standard InChI is InChI=1S/C51H96O15P2/c1-4-6-7-8-9-10-11-21-24-27-30-33-37-48(53)49(54)38-35-40-50(55)62-43-47(44-65-68(60,61)64-42-46(52)41-63-67(57,58)59)66-51(56)39-34-31-28-25-22-19-17-15-13-12-14-16-18-20-23-26-29-32-36-45(3)5-2/h9-10,21,24,30,33,45-49,52-54H,4-8,11-20,22-23,25-29,31-32,34-44H2,1-3H3,(H,60,61)(H2,57,58,59)/b10-9-,24-21-,33-30-/t45?,46-,47+,48?,49?/m0/s1. The number of aliphatic hydroxyl groups is 3. The van der Waals surface area contributed by atoms with E-state index in [1.807, 2.05) is 12.2 Å². The highest BCUT2D eigenvalue weighted by atomic mass is 31.2. The summed E-state index contributed by atoms with van der Waals surface area (Å²) in [6.07, 6.45) is 38.6. The molecule has 0 spiro atoms. The predicted molar refractivity (Wildman–Crippen MR) is 270 cm³/mol. The van der Waals surface area contributed by atoms with E-state index in [1.165, 1.54) is 116 Å². The summed E-state index contributed by atoms with van der Waals surface area (Å²) in [7, 11) is -9.78. The molecule has 400 valence electrons. The molecule has 0 radical (unpaired) electrons. The summed E-state index contributed by atoms with van der Waals surface area (Å²) >= 11 is 0. The van der Waals surface area contributed by atoms with Gasteiger partial charge in [0.15, 0.2) is 6.10 Å². The first-order valence-corrected chi connectivity index (χ1v) is 29.3. The van der Waals surface area contributed by atoms with Crippen LogP contribution in [0, 0.1) is 5.92 Å². The number of rotatable bonds is 49. The zero-order chi connectivity index (χ0) is 50.6. The van der Waals surface area contributed by atoms with Crippen LogP contribution < -0.4 is 0 Å². The molecule has 0 aliphatic heterocycles. The van der Waals surface area contributed by atoms with E-state index in [-0.39, 0.29) is 32.1 Å². The monoisotopic (exact) mass is 1010 g/mol. The van der Waals surface area contributed by atoms with Crippen LogP contribution in [0.2, 0.25) is 0 Å². The molecule has 0 amide bonds. The van der Waals surface area contributed by atoms with Gasteiger partial charge in [-0.05, 0) is 57.3 Å². The molecule has 0 aromatic heterocycles. The Labute approximate surface area is 411 Å². The molecule has 0 bridgehead atoms. The number of hydrogen-bond acceptors (Lipinski definition) is 12. The van der Waals surface area contributed by atoms with Gasteiger partial charge in [0.2, 0.25) is 0 Å². The molecule has 0 aliphatic rings. The van der Waals surface area contributed by atoms with Crippen molar-refractivity contribution in [2.75, 3.05) is 26.4 Å². The minimum atomic E-state index is -4.90. The van der Waals surface area contributed by atoms with Crippen LogP contribution in [0.1, 0.15) is 220 Å². The van der Waals surface area contributed by atoms with Crippen molar-refractivity contribution in [3.05, 3.63) is 36.5 Å². The number of unbranched alkanes of at least 4 members (excludes halogenated alkanes) is 20. The normalized spacial score (nSPS) is 15.5. The molecular formula is C51H96O15P2. The fraction of sp³-hybridized carbons (Fsp3) is 0.843. The third-order valence-electron chi connectivity index (χ3n) is 11.8. The van der Waals surface area contributed by atoms with Crippen LogP contribution in [0.5, 0.6) is 0 Å². The molecule has 17 heteroatoms. The van der Waals surface area contributed by atoms with Crippen molar-refractivity contribution in [2.24, 2.45) is 5.92 Å². The molecular weight excluding hydrogens is 914 g/mol. The maximum atomic E-state index is 12.8. The molecule has 0 fully saturated rings.